The van der Waals surface area contributed by atoms with E-state index >= 15 is 0 Å². The molecule has 0 radical (unpaired) electrons. The molecule has 2 N–H and O–H groups in total. The van der Waals surface area contributed by atoms with Crippen LogP contribution in [-0.2, 0) is 57.2 Å². The molecule has 1 aliphatic heterocycles. The summed E-state index contributed by atoms with van der Waals surface area (Å²) in [5.74, 6) is 0.540. The van der Waals surface area contributed by atoms with Crippen LogP contribution in [-0.4, -0.2) is 94.4 Å². The van der Waals surface area contributed by atoms with Crippen molar-refractivity contribution in [1.29, 1.82) is 0 Å². The molecule has 0 aromatic carbocycles. The zero-order valence-electron chi connectivity index (χ0n) is 43.3. The van der Waals surface area contributed by atoms with Gasteiger partial charge in [0.2, 0.25) is 6.10 Å². The average Bonchev–Trinajstić information content (AvgIpc) is 3.46. The SMILES string of the molecule is C.C.C.C.C.C.CCC(C)(C)C(=O)OC(C)(C)C12CC3CC(CC(C3)C1)C2.CCC(C)(C)C(=O)OC12CC3CC(O)(CC(O)(C3)C1)C2.CCC(C)(C)C(=O)OCCOC(=O)CCC(=O)OC1C(=O)OCC1(C)C. The van der Waals surface area contributed by atoms with Gasteiger partial charge in [0.05, 0.1) is 40.3 Å². The van der Waals surface area contributed by atoms with Crippen LogP contribution < -0.4 is 0 Å². The van der Waals surface area contributed by atoms with Crippen molar-refractivity contribution in [2.45, 2.75) is 272 Å². The second-order valence-corrected chi connectivity index (χ2v) is 25.2. The van der Waals surface area contributed by atoms with E-state index in [2.05, 4.69) is 20.8 Å². The molecule has 1 heterocycles. The van der Waals surface area contributed by atoms with Crippen LogP contribution in [0.15, 0.2) is 0 Å². The van der Waals surface area contributed by atoms with Gasteiger partial charge in [-0.2, -0.15) is 0 Å². The van der Waals surface area contributed by atoms with Gasteiger partial charge in [0.15, 0.2) is 0 Å². The molecule has 73 heavy (non-hydrogen) atoms. The maximum Gasteiger partial charge on any atom is 0.348 e. The normalized spacial score (nSPS) is 30.6. The third-order valence-electron chi connectivity index (χ3n) is 17.1. The first-order valence-electron chi connectivity index (χ1n) is 25.4. The van der Waals surface area contributed by atoms with Gasteiger partial charge in [0.25, 0.3) is 0 Å². The predicted octanol–water partition coefficient (Wildman–Crippen LogP) is 12.7. The molecule has 0 aromatic rings. The van der Waals surface area contributed by atoms with Crippen LogP contribution >= 0.6 is 0 Å². The van der Waals surface area contributed by atoms with Crippen LogP contribution in [0.25, 0.3) is 0 Å². The molecule has 1 saturated heterocycles. The zero-order valence-corrected chi connectivity index (χ0v) is 43.3. The molecule has 8 saturated carbocycles. The van der Waals surface area contributed by atoms with Crippen molar-refractivity contribution in [1.82, 2.24) is 0 Å². The molecule has 3 unspecified atom stereocenters. The maximum absolute atomic E-state index is 12.6. The second kappa shape index (κ2) is 26.2. The Balaban J connectivity index is 0. The molecule has 14 nitrogen and oxygen atoms in total. The summed E-state index contributed by atoms with van der Waals surface area (Å²) >= 11 is 0. The van der Waals surface area contributed by atoms with E-state index in [-0.39, 0.29) is 117 Å². The number of ether oxygens (including phenoxy) is 6. The molecule has 8 bridgehead atoms. The van der Waals surface area contributed by atoms with Crippen molar-refractivity contribution >= 4 is 35.8 Å². The lowest BCUT2D eigenvalue weighted by Crippen LogP contribution is -2.67. The van der Waals surface area contributed by atoms with E-state index in [4.69, 9.17) is 28.4 Å². The topological polar surface area (TPSA) is 198 Å². The van der Waals surface area contributed by atoms with Crippen molar-refractivity contribution in [3.8, 4) is 0 Å². The van der Waals surface area contributed by atoms with Gasteiger partial charge in [0, 0.05) is 30.1 Å². The summed E-state index contributed by atoms with van der Waals surface area (Å²) in [5, 5.41) is 21.3. The van der Waals surface area contributed by atoms with Gasteiger partial charge in [-0.15, -0.1) is 0 Å². The van der Waals surface area contributed by atoms with Crippen LogP contribution in [0, 0.1) is 50.7 Å². The lowest BCUT2D eigenvalue weighted by Gasteiger charge is -2.62. The summed E-state index contributed by atoms with van der Waals surface area (Å²) in [4.78, 5) is 71.7. The summed E-state index contributed by atoms with van der Waals surface area (Å²) in [6.45, 7) is 25.2. The molecule has 430 valence electrons. The molecule has 0 spiro atoms. The summed E-state index contributed by atoms with van der Waals surface area (Å²) in [7, 11) is 0. The van der Waals surface area contributed by atoms with Gasteiger partial charge in [-0.1, -0.05) is 79.2 Å². The number of esters is 6. The highest BCUT2D eigenvalue weighted by molar-refractivity contribution is 5.83. The predicted molar refractivity (Wildman–Crippen MR) is 289 cm³/mol. The molecule has 0 aromatic heterocycles. The lowest BCUT2D eigenvalue weighted by molar-refractivity contribution is -0.264. The number of carbonyl (C=O) groups is 6. The Kier molecular flexibility index (Phi) is 25.8. The van der Waals surface area contributed by atoms with E-state index in [1.165, 1.54) is 38.5 Å². The van der Waals surface area contributed by atoms with Gasteiger partial charge >= 0.3 is 35.8 Å². The molecular weight excluding hydrogens is 933 g/mol. The average molecular weight is 1040 g/mol. The van der Waals surface area contributed by atoms with Crippen molar-refractivity contribution in [2.75, 3.05) is 19.8 Å². The minimum absolute atomic E-state index is 0. The van der Waals surface area contributed by atoms with E-state index in [0.717, 1.165) is 49.9 Å². The Labute approximate surface area is 444 Å². The highest BCUT2D eigenvalue weighted by Crippen LogP contribution is 2.65. The Hall–Kier alpha value is -3.26. The van der Waals surface area contributed by atoms with Crippen LogP contribution in [0.5, 0.6) is 0 Å². The largest absolute Gasteiger partial charge is 0.462 e. The molecule has 9 rings (SSSR count). The van der Waals surface area contributed by atoms with E-state index in [1.807, 2.05) is 41.5 Å². The summed E-state index contributed by atoms with van der Waals surface area (Å²) in [5.41, 5.74) is -4.43. The maximum atomic E-state index is 12.6. The number of hydrogen-bond acceptors (Lipinski definition) is 14. The molecule has 0 amide bonds. The number of cyclic esters (lactones) is 1. The fourth-order valence-corrected chi connectivity index (χ4v) is 12.3. The minimum atomic E-state index is -0.965. The van der Waals surface area contributed by atoms with E-state index in [1.54, 1.807) is 27.7 Å². The highest BCUT2D eigenvalue weighted by atomic mass is 16.6. The first-order chi connectivity index (χ1) is 30.8. The molecule has 9 aliphatic rings. The molecule has 9 fully saturated rings. The third-order valence-corrected chi connectivity index (χ3v) is 17.1. The van der Waals surface area contributed by atoms with Crippen molar-refractivity contribution in [3.63, 3.8) is 0 Å². The molecule has 3 atom stereocenters. The summed E-state index contributed by atoms with van der Waals surface area (Å²) < 4.78 is 31.9. The monoisotopic (exact) mass is 1040 g/mol. The fraction of sp³-hybridized carbons (Fsp3) is 0.898. The van der Waals surface area contributed by atoms with Gasteiger partial charge in [0.1, 0.15) is 31.0 Å². The van der Waals surface area contributed by atoms with E-state index < -0.39 is 57.1 Å². The number of rotatable bonds is 16. The third kappa shape index (κ3) is 16.9. The highest BCUT2D eigenvalue weighted by Gasteiger charge is 2.65. The smallest absolute Gasteiger partial charge is 0.348 e. The lowest BCUT2D eigenvalue weighted by atomic mass is 9.46. The first-order valence-corrected chi connectivity index (χ1v) is 25.4. The fourth-order valence-electron chi connectivity index (χ4n) is 12.3. The van der Waals surface area contributed by atoms with Gasteiger partial charge < -0.3 is 38.6 Å². The van der Waals surface area contributed by atoms with Gasteiger partial charge in [-0.05, 0) is 156 Å². The molecule has 14 heteroatoms. The molecular formula is C59H110O14. The summed E-state index contributed by atoms with van der Waals surface area (Å²) in [6, 6.07) is 0. The Bertz CT molecular complexity index is 1790. The van der Waals surface area contributed by atoms with Gasteiger partial charge in [-0.25, -0.2) is 4.79 Å². The Morgan fingerprint density at radius 1 is 0.575 bits per heavy atom. The second-order valence-electron chi connectivity index (χ2n) is 25.2. The summed E-state index contributed by atoms with van der Waals surface area (Å²) in [6.07, 6.45) is 12.7. The molecule has 8 aliphatic carbocycles. The standard InChI is InChI=1S/C19H32O2.C18H28O8.C16H26O4.6CH4/c1-6-17(2,3)16(20)21-18(4,5)19-10-13-7-14(11-19)9-15(8-13)12-19;1-6-17(2,3)16(22)24-10-9-23-12(19)7-8-13(20)26-14-15(21)25-11-18(14,4)5;1-4-13(2,3)12(17)20-16-7-11-5-14(18,9-16)8-15(19,6-11)10-16;;;;;;/h13-15H,6-12H2,1-5H3;14H,6-11H2,1-5H3;11,18-19H,4-10H2,1-3H3;6*1H4. The Morgan fingerprint density at radius 2 is 1.00 bits per heavy atom. The minimum Gasteiger partial charge on any atom is -0.462 e. The van der Waals surface area contributed by atoms with Crippen LogP contribution in [0.1, 0.15) is 244 Å². The number of aliphatic hydroxyl groups is 2. The Morgan fingerprint density at radius 3 is 1.42 bits per heavy atom. The van der Waals surface area contributed by atoms with Crippen LogP contribution in [0.3, 0.4) is 0 Å². The van der Waals surface area contributed by atoms with Crippen LogP contribution in [0.4, 0.5) is 0 Å². The first kappa shape index (κ1) is 71.8. The van der Waals surface area contributed by atoms with Crippen molar-refractivity contribution in [2.24, 2.45) is 50.7 Å². The van der Waals surface area contributed by atoms with Crippen molar-refractivity contribution in [3.05, 3.63) is 0 Å². The van der Waals surface area contributed by atoms with E-state index in [9.17, 15) is 39.0 Å². The zero-order chi connectivity index (χ0) is 50.2. The van der Waals surface area contributed by atoms with E-state index in [0.29, 0.717) is 25.7 Å². The van der Waals surface area contributed by atoms with Gasteiger partial charge in [-0.3, -0.25) is 24.0 Å². The van der Waals surface area contributed by atoms with Crippen molar-refractivity contribution < 1.29 is 67.4 Å². The van der Waals surface area contributed by atoms with Crippen LogP contribution in [0.2, 0.25) is 0 Å². The number of hydrogen-bond donors (Lipinski definition) is 2. The number of carbonyl (C=O) groups excluding carboxylic acids is 6. The quantitative estimate of drug-likeness (QED) is 0.0840.